The summed E-state index contributed by atoms with van der Waals surface area (Å²) >= 11 is 0. The summed E-state index contributed by atoms with van der Waals surface area (Å²) in [6, 6.07) is 13.3. The third-order valence-corrected chi connectivity index (χ3v) is 4.54. The molecular weight excluding hydrogens is 432 g/mol. The third-order valence-electron chi connectivity index (χ3n) is 4.54. The fraction of sp³-hybridized carbons (Fsp3) is 0.231. The average Bonchev–Trinajstić information content (AvgIpc) is 2.80. The molecule has 0 saturated heterocycles. The molecule has 0 heterocycles. The smallest absolute Gasteiger partial charge is 0.268 e. The molecule has 2 rings (SSSR count). The van der Waals surface area contributed by atoms with Gasteiger partial charge in [-0.15, -0.1) is 0 Å². The Morgan fingerprint density at radius 3 is 2.00 bits per heavy atom. The molecule has 0 aromatic heterocycles. The van der Waals surface area contributed by atoms with Gasteiger partial charge in [0.25, 0.3) is 5.91 Å². The molecule has 2 amide bonds. The van der Waals surface area contributed by atoms with Gasteiger partial charge in [-0.3, -0.25) is 14.8 Å². The summed E-state index contributed by atoms with van der Waals surface area (Å²) < 4.78 is 0. The Labute approximate surface area is 199 Å². The number of carbonyl (C=O) groups is 2. The Hall–Kier alpha value is -4.08. The molecule has 0 radical (unpaired) electrons. The van der Waals surface area contributed by atoms with E-state index >= 15 is 0 Å². The first-order valence-corrected chi connectivity index (χ1v) is 10.4. The van der Waals surface area contributed by atoms with Crippen molar-refractivity contribution in [2.75, 3.05) is 26.0 Å². The summed E-state index contributed by atoms with van der Waals surface area (Å²) in [7, 11) is 3.66. The fourth-order valence-corrected chi connectivity index (χ4v) is 2.83. The standard InChI is InChI=1S/C26H28N4O4/c1-18(27-25(19(2)31)26(33)29-34)22-13-9-20(10-14-22)7-5-6-8-21-11-15-23(16-12-21)28-24(32)17-30(3)4/h9-16,19,25,27,31,34H,1,17H2,2-4H3,(H,28,32)(H,29,33). The van der Waals surface area contributed by atoms with E-state index in [9.17, 15) is 14.7 Å². The summed E-state index contributed by atoms with van der Waals surface area (Å²) in [6.45, 7) is 5.61. The number of hydrogen-bond acceptors (Lipinski definition) is 6. The topological polar surface area (TPSA) is 114 Å². The molecule has 0 aliphatic heterocycles. The third kappa shape index (κ3) is 8.45. The van der Waals surface area contributed by atoms with Crippen molar-refractivity contribution >= 4 is 23.2 Å². The minimum Gasteiger partial charge on any atom is -0.391 e. The number of aliphatic hydroxyl groups is 1. The van der Waals surface area contributed by atoms with Crippen LogP contribution in [-0.4, -0.2) is 59.8 Å². The van der Waals surface area contributed by atoms with Crippen LogP contribution in [0.15, 0.2) is 55.1 Å². The summed E-state index contributed by atoms with van der Waals surface area (Å²) in [5.74, 6) is 10.7. The van der Waals surface area contributed by atoms with Gasteiger partial charge in [0.05, 0.1) is 12.6 Å². The van der Waals surface area contributed by atoms with E-state index < -0.39 is 18.1 Å². The van der Waals surface area contributed by atoms with Crippen molar-refractivity contribution in [3.05, 3.63) is 71.8 Å². The highest BCUT2D eigenvalue weighted by Crippen LogP contribution is 2.13. The van der Waals surface area contributed by atoms with Crippen molar-refractivity contribution in [1.82, 2.24) is 15.7 Å². The van der Waals surface area contributed by atoms with E-state index in [1.165, 1.54) is 12.4 Å². The maximum atomic E-state index is 11.8. The Morgan fingerprint density at radius 1 is 1.00 bits per heavy atom. The number of likely N-dealkylation sites (N-methyl/N-ethyl adjacent to an activating group) is 1. The van der Waals surface area contributed by atoms with Gasteiger partial charge in [-0.05, 0) is 74.8 Å². The molecule has 0 bridgehead atoms. The number of hydrogen-bond donors (Lipinski definition) is 5. The van der Waals surface area contributed by atoms with Crippen molar-refractivity contribution in [3.63, 3.8) is 0 Å². The van der Waals surface area contributed by atoms with Crippen LogP contribution < -0.4 is 16.1 Å². The van der Waals surface area contributed by atoms with Crippen molar-refractivity contribution in [2.45, 2.75) is 19.1 Å². The van der Waals surface area contributed by atoms with Crippen molar-refractivity contribution < 1.29 is 19.9 Å². The van der Waals surface area contributed by atoms with Gasteiger partial charge in [0.15, 0.2) is 0 Å². The summed E-state index contributed by atoms with van der Waals surface area (Å²) in [6.07, 6.45) is -1.04. The van der Waals surface area contributed by atoms with Gasteiger partial charge in [-0.2, -0.15) is 0 Å². The number of aliphatic hydroxyl groups excluding tert-OH is 1. The molecule has 5 N–H and O–H groups in total. The lowest BCUT2D eigenvalue weighted by Gasteiger charge is -2.21. The van der Waals surface area contributed by atoms with E-state index in [0.29, 0.717) is 23.5 Å². The number of carbonyl (C=O) groups excluding carboxylic acids is 2. The van der Waals surface area contributed by atoms with Crippen molar-refractivity contribution in [1.29, 1.82) is 0 Å². The van der Waals surface area contributed by atoms with Crippen molar-refractivity contribution in [2.24, 2.45) is 0 Å². The zero-order chi connectivity index (χ0) is 25.1. The van der Waals surface area contributed by atoms with Crippen LogP contribution in [0.3, 0.4) is 0 Å². The van der Waals surface area contributed by atoms with E-state index in [2.05, 4.69) is 40.9 Å². The molecule has 2 aromatic rings. The van der Waals surface area contributed by atoms with Gasteiger partial charge in [0.1, 0.15) is 6.04 Å². The normalized spacial score (nSPS) is 11.7. The van der Waals surface area contributed by atoms with Gasteiger partial charge in [-0.1, -0.05) is 30.6 Å². The van der Waals surface area contributed by atoms with E-state index in [1.807, 2.05) is 26.2 Å². The summed E-state index contributed by atoms with van der Waals surface area (Å²) in [5.41, 5.74) is 4.85. The molecular formula is C26H28N4O4. The molecule has 8 nitrogen and oxygen atoms in total. The van der Waals surface area contributed by atoms with Gasteiger partial charge in [-0.25, -0.2) is 5.48 Å². The van der Waals surface area contributed by atoms with E-state index in [-0.39, 0.29) is 5.91 Å². The number of nitrogens with zero attached hydrogens (tertiary/aromatic N) is 1. The number of anilines is 1. The maximum Gasteiger partial charge on any atom is 0.268 e. The Balaban J connectivity index is 1.96. The molecule has 0 fully saturated rings. The number of hydroxylamine groups is 1. The van der Waals surface area contributed by atoms with Crippen LogP contribution in [0.2, 0.25) is 0 Å². The Bertz CT molecular complexity index is 1130. The first-order chi connectivity index (χ1) is 16.2. The van der Waals surface area contributed by atoms with Crippen LogP contribution in [0.5, 0.6) is 0 Å². The van der Waals surface area contributed by atoms with Crippen molar-refractivity contribution in [3.8, 4) is 23.7 Å². The lowest BCUT2D eigenvalue weighted by Crippen LogP contribution is -2.48. The molecule has 0 aliphatic rings. The first-order valence-electron chi connectivity index (χ1n) is 10.4. The molecule has 34 heavy (non-hydrogen) atoms. The second-order valence-corrected chi connectivity index (χ2v) is 7.76. The van der Waals surface area contributed by atoms with Crippen LogP contribution >= 0.6 is 0 Å². The largest absolute Gasteiger partial charge is 0.391 e. The van der Waals surface area contributed by atoms with E-state index in [4.69, 9.17) is 5.21 Å². The van der Waals surface area contributed by atoms with Crippen LogP contribution in [-0.2, 0) is 9.59 Å². The molecule has 0 spiro atoms. The van der Waals surface area contributed by atoms with Gasteiger partial charge < -0.3 is 20.6 Å². The van der Waals surface area contributed by atoms with Crippen LogP contribution in [0, 0.1) is 23.7 Å². The number of amides is 2. The van der Waals surface area contributed by atoms with Gasteiger partial charge in [0.2, 0.25) is 5.91 Å². The minimum atomic E-state index is -1.05. The van der Waals surface area contributed by atoms with E-state index in [0.717, 1.165) is 11.1 Å². The molecule has 0 aliphatic carbocycles. The highest BCUT2D eigenvalue weighted by Gasteiger charge is 2.23. The lowest BCUT2D eigenvalue weighted by atomic mass is 10.1. The van der Waals surface area contributed by atoms with Gasteiger partial charge >= 0.3 is 0 Å². The summed E-state index contributed by atoms with van der Waals surface area (Å²) in [4.78, 5) is 25.2. The zero-order valence-corrected chi connectivity index (χ0v) is 19.3. The number of rotatable bonds is 8. The number of benzene rings is 2. The summed E-state index contributed by atoms with van der Waals surface area (Å²) in [5, 5.41) is 24.1. The number of nitrogens with one attached hydrogen (secondary N) is 3. The molecule has 2 aromatic carbocycles. The van der Waals surface area contributed by atoms with Crippen LogP contribution in [0.1, 0.15) is 23.6 Å². The van der Waals surface area contributed by atoms with Crippen LogP contribution in [0.4, 0.5) is 5.69 Å². The highest BCUT2D eigenvalue weighted by molar-refractivity contribution is 5.92. The second kappa shape index (κ2) is 12.8. The highest BCUT2D eigenvalue weighted by atomic mass is 16.5. The first kappa shape index (κ1) is 26.2. The van der Waals surface area contributed by atoms with E-state index in [1.54, 1.807) is 41.3 Å². The minimum absolute atomic E-state index is 0.0847. The fourth-order valence-electron chi connectivity index (χ4n) is 2.83. The average molecular weight is 461 g/mol. The molecule has 8 heteroatoms. The maximum absolute atomic E-state index is 11.8. The monoisotopic (exact) mass is 460 g/mol. The SMILES string of the molecule is C=C(NC(C(=O)NO)C(C)O)c1ccc(C#CC#Cc2ccc(NC(=O)CN(C)C)cc2)cc1. The quantitative estimate of drug-likeness (QED) is 0.231. The molecule has 176 valence electrons. The van der Waals surface area contributed by atoms with Gasteiger partial charge in [0, 0.05) is 22.5 Å². The zero-order valence-electron chi connectivity index (χ0n) is 19.3. The molecule has 2 atom stereocenters. The second-order valence-electron chi connectivity index (χ2n) is 7.76. The molecule has 0 saturated carbocycles. The predicted octanol–water partition coefficient (Wildman–Crippen LogP) is 1.41. The predicted molar refractivity (Wildman–Crippen MR) is 131 cm³/mol. The Morgan fingerprint density at radius 2 is 1.53 bits per heavy atom. The lowest BCUT2D eigenvalue weighted by molar-refractivity contribution is -0.133. The van der Waals surface area contributed by atoms with Crippen LogP contribution in [0.25, 0.3) is 5.70 Å². The molecule has 2 unspecified atom stereocenters. The Kier molecular flexibility index (Phi) is 9.88.